The lowest BCUT2D eigenvalue weighted by molar-refractivity contribution is -0.187. The van der Waals surface area contributed by atoms with Crippen molar-refractivity contribution < 1.29 is 15.6 Å². The molecular weight excluding hydrogens is 312 g/mol. The summed E-state index contributed by atoms with van der Waals surface area (Å²) in [7, 11) is 0. The Labute approximate surface area is 159 Å². The first kappa shape index (κ1) is 24.9. The van der Waals surface area contributed by atoms with Crippen LogP contribution in [0.25, 0.3) is 0 Å². The van der Waals surface area contributed by atoms with E-state index in [9.17, 15) is 0 Å². The van der Waals surface area contributed by atoms with Gasteiger partial charge in [0.2, 0.25) is 0 Å². The molecule has 0 aromatic rings. The van der Waals surface area contributed by atoms with Crippen molar-refractivity contribution in [3.8, 4) is 0 Å². The Bertz CT molecular complexity index is 212. The first-order chi connectivity index (χ1) is 11.4. The molecule has 0 spiro atoms. The second-order valence-corrected chi connectivity index (χ2v) is 8.53. The molecule has 0 bridgehead atoms. The fraction of sp³-hybridized carbons (Fsp3) is 1.00. The van der Waals surface area contributed by atoms with Crippen molar-refractivity contribution in [1.29, 1.82) is 0 Å². The lowest BCUT2D eigenvalue weighted by Crippen LogP contribution is -2.27. The van der Waals surface area contributed by atoms with E-state index in [2.05, 4.69) is 34.6 Å². The van der Waals surface area contributed by atoms with Gasteiger partial charge < -0.3 is 14.2 Å². The van der Waals surface area contributed by atoms with Crippen LogP contribution in [0.4, 0.5) is 0 Å². The van der Waals surface area contributed by atoms with Crippen molar-refractivity contribution in [2.45, 2.75) is 99.9 Å². The fourth-order valence-corrected chi connectivity index (χ4v) is 3.14. The Morgan fingerprint density at radius 3 is 1.24 bits per heavy atom. The topological polar surface area (TPSA) is 27.7 Å². The van der Waals surface area contributed by atoms with Gasteiger partial charge in [-0.2, -0.15) is 0 Å². The average Bonchev–Trinajstić information content (AvgIpc) is 2.57. The summed E-state index contributed by atoms with van der Waals surface area (Å²) in [6.45, 7) is 15.8. The molecule has 0 aromatic carbocycles. The minimum Gasteiger partial charge on any atom is -0.378 e. The maximum atomic E-state index is 5.39. The van der Waals surface area contributed by atoms with Gasteiger partial charge in [-0.05, 0) is 44.4 Å². The van der Waals surface area contributed by atoms with Gasteiger partial charge >= 0.3 is 0 Å². The van der Waals surface area contributed by atoms with Gasteiger partial charge in [0.15, 0.2) is 6.29 Å². The van der Waals surface area contributed by atoms with Crippen molar-refractivity contribution in [3.05, 3.63) is 0 Å². The average molecular weight is 361 g/mol. The normalized spacial score (nSPS) is 38.2. The van der Waals surface area contributed by atoms with Gasteiger partial charge in [0.1, 0.15) is 0 Å². The molecule has 0 N–H and O–H groups in total. The molecule has 3 fully saturated rings. The maximum absolute atomic E-state index is 5.39. The van der Waals surface area contributed by atoms with Crippen LogP contribution in [0.5, 0.6) is 0 Å². The third-order valence-electron chi connectivity index (χ3n) is 5.27. The van der Waals surface area contributed by atoms with E-state index in [1.165, 1.54) is 38.5 Å². The third-order valence-corrected chi connectivity index (χ3v) is 5.27. The van der Waals surface area contributed by atoms with Crippen LogP contribution in [0.15, 0.2) is 0 Å². The molecular formula is C22H48O3. The number of hydrogen-bond acceptors (Lipinski definition) is 3. The molecule has 3 aliphatic rings. The fourth-order valence-electron chi connectivity index (χ4n) is 3.14. The first-order valence-electron chi connectivity index (χ1n) is 10.2. The van der Waals surface area contributed by atoms with Crippen LogP contribution in [-0.2, 0) is 14.2 Å². The first-order valence-corrected chi connectivity index (χ1v) is 10.2. The van der Waals surface area contributed by atoms with Crippen LogP contribution in [0, 0.1) is 23.7 Å². The minimum atomic E-state index is 0. The van der Waals surface area contributed by atoms with E-state index >= 15 is 0 Å². The largest absolute Gasteiger partial charge is 0.378 e. The summed E-state index contributed by atoms with van der Waals surface area (Å²) in [5.74, 6) is 3.41. The third kappa shape index (κ3) is 12.8. The molecule has 25 heavy (non-hydrogen) atoms. The smallest absolute Gasteiger partial charge is 0.154 e. The molecule has 3 heteroatoms. The van der Waals surface area contributed by atoms with E-state index in [4.69, 9.17) is 14.2 Å². The molecule has 154 valence electrons. The standard InChI is InChI=1S/C8H16.C7H14O.C6H12O2.CH4.H2/c1-7-3-5-8(2)6-4-7;1-6-3-4-7(2)8-5-6;1-5-3-7-6(2)8-4-5;;/h7-8H,3-6H2,1-2H3;6-7H,3-5H2,1-2H3;5-6H,3-4H2,1-2H3;1H4;1H. The zero-order valence-corrected chi connectivity index (χ0v) is 17.1. The van der Waals surface area contributed by atoms with E-state index in [-0.39, 0.29) is 15.1 Å². The van der Waals surface area contributed by atoms with E-state index < -0.39 is 0 Å². The minimum absolute atomic E-state index is 0. The van der Waals surface area contributed by atoms with Crippen LogP contribution < -0.4 is 0 Å². The van der Waals surface area contributed by atoms with Crippen molar-refractivity contribution >= 4 is 0 Å². The number of ether oxygens (including phenoxy) is 3. The van der Waals surface area contributed by atoms with Gasteiger partial charge in [0, 0.05) is 14.0 Å². The molecule has 3 rings (SSSR count). The van der Waals surface area contributed by atoms with Crippen LogP contribution in [0.1, 0.15) is 88.9 Å². The maximum Gasteiger partial charge on any atom is 0.154 e. The lowest BCUT2D eigenvalue weighted by atomic mass is 9.84. The van der Waals surface area contributed by atoms with Crippen LogP contribution in [-0.4, -0.2) is 32.2 Å². The Balaban J connectivity index is 0. The quantitative estimate of drug-likeness (QED) is 0.490. The molecule has 2 aliphatic heterocycles. The Kier molecular flexibility index (Phi) is 13.9. The highest BCUT2D eigenvalue weighted by atomic mass is 16.7. The van der Waals surface area contributed by atoms with E-state index in [1.807, 2.05) is 6.92 Å². The molecule has 2 saturated heterocycles. The Morgan fingerprint density at radius 1 is 0.520 bits per heavy atom. The van der Waals surface area contributed by atoms with Crippen LogP contribution >= 0.6 is 0 Å². The second-order valence-electron chi connectivity index (χ2n) is 8.53. The summed E-state index contributed by atoms with van der Waals surface area (Å²) in [6.07, 6.45) is 9.03. The van der Waals surface area contributed by atoms with Gasteiger partial charge in [-0.1, -0.05) is 60.8 Å². The zero-order chi connectivity index (χ0) is 17.9. The SMILES string of the molecule is C.CC1CCC(C)CC1.CC1CCC(C)OC1.CC1COC(C)OC1.[HH]. The summed E-state index contributed by atoms with van der Waals surface area (Å²) >= 11 is 0. The van der Waals surface area contributed by atoms with Crippen molar-refractivity contribution in [2.75, 3.05) is 19.8 Å². The molecule has 0 aromatic heterocycles. The monoisotopic (exact) mass is 360 g/mol. The molecule has 2 unspecified atom stereocenters. The number of hydrogen-bond donors (Lipinski definition) is 0. The van der Waals surface area contributed by atoms with Gasteiger partial charge in [0.05, 0.1) is 19.3 Å². The lowest BCUT2D eigenvalue weighted by Gasteiger charge is -2.24. The molecule has 1 saturated carbocycles. The van der Waals surface area contributed by atoms with E-state index in [0.717, 1.165) is 37.6 Å². The van der Waals surface area contributed by atoms with Crippen LogP contribution in [0.2, 0.25) is 0 Å². The van der Waals surface area contributed by atoms with E-state index in [1.54, 1.807) is 0 Å². The van der Waals surface area contributed by atoms with Crippen molar-refractivity contribution in [3.63, 3.8) is 0 Å². The van der Waals surface area contributed by atoms with Gasteiger partial charge in [0.25, 0.3) is 0 Å². The van der Waals surface area contributed by atoms with Crippen molar-refractivity contribution in [2.24, 2.45) is 23.7 Å². The van der Waals surface area contributed by atoms with Gasteiger partial charge in [-0.15, -0.1) is 0 Å². The summed E-state index contributed by atoms with van der Waals surface area (Å²) in [6, 6.07) is 0. The van der Waals surface area contributed by atoms with Gasteiger partial charge in [-0.25, -0.2) is 0 Å². The molecule has 0 radical (unpaired) electrons. The zero-order valence-electron chi connectivity index (χ0n) is 17.1. The molecule has 1 aliphatic carbocycles. The van der Waals surface area contributed by atoms with Crippen LogP contribution in [0.3, 0.4) is 0 Å². The molecule has 3 nitrogen and oxygen atoms in total. The molecule has 2 heterocycles. The highest BCUT2D eigenvalue weighted by Crippen LogP contribution is 2.27. The summed E-state index contributed by atoms with van der Waals surface area (Å²) in [5, 5.41) is 0. The predicted molar refractivity (Wildman–Crippen MR) is 110 cm³/mol. The van der Waals surface area contributed by atoms with Gasteiger partial charge in [-0.3, -0.25) is 0 Å². The Hall–Kier alpha value is -0.120. The summed E-state index contributed by atoms with van der Waals surface area (Å²) < 4.78 is 15.7. The second kappa shape index (κ2) is 14.0. The Morgan fingerprint density at radius 2 is 0.920 bits per heavy atom. The highest BCUT2D eigenvalue weighted by Gasteiger charge is 2.14. The summed E-state index contributed by atoms with van der Waals surface area (Å²) in [4.78, 5) is 0. The molecule has 0 amide bonds. The van der Waals surface area contributed by atoms with Crippen molar-refractivity contribution in [1.82, 2.24) is 0 Å². The number of rotatable bonds is 0. The molecule has 2 atom stereocenters. The van der Waals surface area contributed by atoms with E-state index in [0.29, 0.717) is 12.0 Å². The predicted octanol–water partition coefficient (Wildman–Crippen LogP) is 6.55. The summed E-state index contributed by atoms with van der Waals surface area (Å²) in [5.41, 5.74) is 0. The highest BCUT2D eigenvalue weighted by molar-refractivity contribution is 4.65.